The van der Waals surface area contributed by atoms with E-state index in [0.717, 1.165) is 26.2 Å². The molecule has 3 heteroatoms. The summed E-state index contributed by atoms with van der Waals surface area (Å²) in [6.45, 7) is 13.6. The summed E-state index contributed by atoms with van der Waals surface area (Å²) in [7, 11) is 1.78. The summed E-state index contributed by atoms with van der Waals surface area (Å²) in [5.74, 6) is 0. The fraction of sp³-hybridized carbons (Fsp3) is 0.529. The van der Waals surface area contributed by atoms with Gasteiger partial charge in [0, 0.05) is 44.7 Å². The highest BCUT2D eigenvalue weighted by atomic mass is 16.5. The van der Waals surface area contributed by atoms with Crippen LogP contribution in [0.1, 0.15) is 96.3 Å². The fourth-order valence-electron chi connectivity index (χ4n) is 4.46. The molecule has 2 rings (SSSR count). The van der Waals surface area contributed by atoms with Gasteiger partial charge < -0.3 is 14.5 Å². The summed E-state index contributed by atoms with van der Waals surface area (Å²) in [5, 5.41) is 0. The molecular formula is C34H52N2O. The van der Waals surface area contributed by atoms with Gasteiger partial charge >= 0.3 is 0 Å². The lowest BCUT2D eigenvalue weighted by Gasteiger charge is -2.25. The molecule has 0 saturated carbocycles. The first-order valence-corrected chi connectivity index (χ1v) is 14.7. The molecule has 0 aliphatic carbocycles. The Balaban J connectivity index is 1.99. The van der Waals surface area contributed by atoms with Crippen LogP contribution < -0.4 is 9.80 Å². The van der Waals surface area contributed by atoms with Crippen LogP contribution in [-0.4, -0.2) is 33.3 Å². The number of ether oxygens (including phenoxy) is 1. The minimum Gasteiger partial charge on any atom is -0.373 e. The highest BCUT2D eigenvalue weighted by Gasteiger charge is 2.09. The SMILES string of the molecule is CCCCN(CCCC)c1ccc(/C=C/C=C/C(OC)c2ccc(N(CCCC)CCCC)cc2)cc1. The van der Waals surface area contributed by atoms with E-state index in [1.165, 1.54) is 73.9 Å². The zero-order chi connectivity index (χ0) is 26.7. The number of methoxy groups -OCH3 is 1. The van der Waals surface area contributed by atoms with Crippen molar-refractivity contribution in [3.05, 3.63) is 77.9 Å². The van der Waals surface area contributed by atoms with Crippen LogP contribution in [-0.2, 0) is 4.74 Å². The smallest absolute Gasteiger partial charge is 0.101 e. The van der Waals surface area contributed by atoms with Crippen molar-refractivity contribution in [2.24, 2.45) is 0 Å². The average molecular weight is 505 g/mol. The molecule has 0 aliphatic rings. The fourth-order valence-corrected chi connectivity index (χ4v) is 4.46. The Hall–Kier alpha value is -2.52. The quantitative estimate of drug-likeness (QED) is 0.177. The predicted molar refractivity (Wildman–Crippen MR) is 165 cm³/mol. The minimum atomic E-state index is -0.0495. The maximum Gasteiger partial charge on any atom is 0.101 e. The predicted octanol–water partition coefficient (Wildman–Crippen LogP) is 9.46. The molecule has 204 valence electrons. The van der Waals surface area contributed by atoms with Gasteiger partial charge in [0.2, 0.25) is 0 Å². The minimum absolute atomic E-state index is 0.0495. The summed E-state index contributed by atoms with van der Waals surface area (Å²) >= 11 is 0. The van der Waals surface area contributed by atoms with Crippen molar-refractivity contribution in [3.8, 4) is 0 Å². The highest BCUT2D eigenvalue weighted by molar-refractivity contribution is 5.57. The van der Waals surface area contributed by atoms with Crippen molar-refractivity contribution >= 4 is 17.5 Å². The summed E-state index contributed by atoms with van der Waals surface area (Å²) < 4.78 is 5.79. The van der Waals surface area contributed by atoms with Gasteiger partial charge in [-0.25, -0.2) is 0 Å². The van der Waals surface area contributed by atoms with Crippen molar-refractivity contribution in [3.63, 3.8) is 0 Å². The topological polar surface area (TPSA) is 15.7 Å². The van der Waals surface area contributed by atoms with Crippen molar-refractivity contribution in [1.29, 1.82) is 0 Å². The largest absolute Gasteiger partial charge is 0.373 e. The van der Waals surface area contributed by atoms with E-state index >= 15 is 0 Å². The molecule has 0 aliphatic heterocycles. The van der Waals surface area contributed by atoms with Crippen molar-refractivity contribution < 1.29 is 4.74 Å². The molecule has 0 saturated heterocycles. The van der Waals surface area contributed by atoms with Crippen LogP contribution in [0.4, 0.5) is 11.4 Å². The molecule has 0 aromatic heterocycles. The van der Waals surface area contributed by atoms with E-state index in [0.29, 0.717) is 0 Å². The normalized spacial score (nSPS) is 12.5. The Morgan fingerprint density at radius 1 is 0.622 bits per heavy atom. The first-order valence-electron chi connectivity index (χ1n) is 14.7. The van der Waals surface area contributed by atoms with Gasteiger partial charge in [-0.3, -0.25) is 0 Å². The van der Waals surface area contributed by atoms with E-state index in [9.17, 15) is 0 Å². The Morgan fingerprint density at radius 2 is 1.05 bits per heavy atom. The van der Waals surface area contributed by atoms with Gasteiger partial charge in [0.15, 0.2) is 0 Å². The van der Waals surface area contributed by atoms with Crippen LogP contribution in [0.15, 0.2) is 66.8 Å². The second-order valence-electron chi connectivity index (χ2n) is 9.97. The standard InChI is InChI=1S/C34H52N2O/c1-6-10-26-35(27-11-7-2)32-22-18-30(19-23-32)16-14-15-17-34(37-5)31-20-24-33(25-21-31)36(28-12-8-3)29-13-9-4/h14-25,34H,6-13,26-29H2,1-5H3/b16-14+,17-15+. The molecule has 2 aromatic carbocycles. The van der Waals surface area contributed by atoms with E-state index in [1.807, 2.05) is 0 Å². The number of rotatable bonds is 19. The molecule has 0 amide bonds. The van der Waals surface area contributed by atoms with E-state index < -0.39 is 0 Å². The van der Waals surface area contributed by atoms with Crippen molar-refractivity contribution in [1.82, 2.24) is 0 Å². The van der Waals surface area contributed by atoms with Gasteiger partial charge in [-0.1, -0.05) is 102 Å². The Labute approximate surface area is 228 Å². The van der Waals surface area contributed by atoms with Crippen LogP contribution in [0.25, 0.3) is 6.08 Å². The number of nitrogens with zero attached hydrogens (tertiary/aromatic N) is 2. The van der Waals surface area contributed by atoms with E-state index in [-0.39, 0.29) is 6.10 Å². The van der Waals surface area contributed by atoms with E-state index in [2.05, 4.69) is 110 Å². The summed E-state index contributed by atoms with van der Waals surface area (Å²) in [5.41, 5.74) is 5.05. The Morgan fingerprint density at radius 3 is 1.46 bits per heavy atom. The third-order valence-corrected chi connectivity index (χ3v) is 6.91. The molecule has 2 aromatic rings. The summed E-state index contributed by atoms with van der Waals surface area (Å²) in [4.78, 5) is 5.05. The van der Waals surface area contributed by atoms with Gasteiger partial charge in [0.1, 0.15) is 6.10 Å². The molecule has 0 radical (unpaired) electrons. The lowest BCUT2D eigenvalue weighted by molar-refractivity contribution is 0.143. The lowest BCUT2D eigenvalue weighted by atomic mass is 10.1. The lowest BCUT2D eigenvalue weighted by Crippen LogP contribution is -2.25. The van der Waals surface area contributed by atoms with Crippen LogP contribution in [0.3, 0.4) is 0 Å². The van der Waals surface area contributed by atoms with Crippen LogP contribution in [0.5, 0.6) is 0 Å². The number of hydrogen-bond acceptors (Lipinski definition) is 3. The molecule has 0 bridgehead atoms. The van der Waals surface area contributed by atoms with E-state index in [4.69, 9.17) is 4.74 Å². The first-order chi connectivity index (χ1) is 18.2. The molecule has 0 N–H and O–H groups in total. The highest BCUT2D eigenvalue weighted by Crippen LogP contribution is 2.23. The zero-order valence-corrected chi connectivity index (χ0v) is 24.3. The number of anilines is 2. The van der Waals surface area contributed by atoms with Crippen LogP contribution in [0, 0.1) is 0 Å². The molecule has 1 unspecified atom stereocenters. The van der Waals surface area contributed by atoms with Gasteiger partial charge in [0.25, 0.3) is 0 Å². The van der Waals surface area contributed by atoms with Crippen molar-refractivity contribution in [2.45, 2.75) is 85.2 Å². The van der Waals surface area contributed by atoms with Crippen LogP contribution >= 0.6 is 0 Å². The number of allylic oxidation sites excluding steroid dienone is 2. The molecule has 0 fully saturated rings. The maximum atomic E-state index is 5.79. The molecule has 0 heterocycles. The summed E-state index contributed by atoms with van der Waals surface area (Å²) in [6.07, 6.45) is 18.3. The molecule has 0 spiro atoms. The average Bonchev–Trinajstić information content (AvgIpc) is 2.94. The van der Waals surface area contributed by atoms with Gasteiger partial charge in [0.05, 0.1) is 0 Å². The van der Waals surface area contributed by atoms with Gasteiger partial charge in [-0.15, -0.1) is 0 Å². The third kappa shape index (κ3) is 11.2. The van der Waals surface area contributed by atoms with Gasteiger partial charge in [-0.05, 0) is 61.1 Å². The Kier molecular flexibility index (Phi) is 15.5. The first kappa shape index (κ1) is 30.7. The molecule has 37 heavy (non-hydrogen) atoms. The van der Waals surface area contributed by atoms with Crippen LogP contribution in [0.2, 0.25) is 0 Å². The Bertz CT molecular complexity index is 869. The van der Waals surface area contributed by atoms with E-state index in [1.54, 1.807) is 7.11 Å². The third-order valence-electron chi connectivity index (χ3n) is 6.91. The maximum absolute atomic E-state index is 5.79. The van der Waals surface area contributed by atoms with Gasteiger partial charge in [-0.2, -0.15) is 0 Å². The van der Waals surface area contributed by atoms with Crippen molar-refractivity contribution in [2.75, 3.05) is 43.1 Å². The molecule has 3 nitrogen and oxygen atoms in total. The summed E-state index contributed by atoms with van der Waals surface area (Å²) in [6, 6.07) is 17.9. The monoisotopic (exact) mass is 504 g/mol. The number of hydrogen-bond donors (Lipinski definition) is 0. The molecular weight excluding hydrogens is 452 g/mol. The second-order valence-corrected chi connectivity index (χ2v) is 9.97. The number of unbranched alkanes of at least 4 members (excludes halogenated alkanes) is 4. The number of benzene rings is 2. The second kappa shape index (κ2) is 18.7. The molecule has 1 atom stereocenters. The zero-order valence-electron chi connectivity index (χ0n) is 24.3.